The number of nitrogens with zero attached hydrogens (tertiary/aromatic N) is 1. The summed E-state index contributed by atoms with van der Waals surface area (Å²) < 4.78 is 0. The molecular formula is C13H18N2O6. The van der Waals surface area contributed by atoms with E-state index in [4.69, 9.17) is 26.2 Å². The Morgan fingerprint density at radius 3 is 2.29 bits per heavy atom. The number of hydrogen-bond acceptors (Lipinski definition) is 6. The summed E-state index contributed by atoms with van der Waals surface area (Å²) in [4.78, 5) is 23.8. The smallest absolute Gasteiger partial charge is 0.335 e. The molecule has 21 heavy (non-hydrogen) atoms. The predicted octanol–water partition coefficient (Wildman–Crippen LogP) is -0.705. The van der Waals surface area contributed by atoms with Crippen molar-refractivity contribution in [3.05, 3.63) is 29.6 Å². The third-order valence-electron chi connectivity index (χ3n) is 3.04. The lowest BCUT2D eigenvalue weighted by atomic mass is 9.93. The van der Waals surface area contributed by atoms with Gasteiger partial charge in [-0.2, -0.15) is 0 Å². The zero-order chi connectivity index (χ0) is 16.0. The van der Waals surface area contributed by atoms with Crippen LogP contribution >= 0.6 is 0 Å². The molecule has 6 N–H and O–H groups in total. The molecule has 1 aliphatic carbocycles. The summed E-state index contributed by atoms with van der Waals surface area (Å²) >= 11 is 0. The van der Waals surface area contributed by atoms with Crippen molar-refractivity contribution in [2.75, 3.05) is 0 Å². The van der Waals surface area contributed by atoms with Crippen LogP contribution in [0.4, 0.5) is 0 Å². The van der Waals surface area contributed by atoms with E-state index in [1.807, 2.05) is 12.3 Å². The lowest BCUT2D eigenvalue weighted by Gasteiger charge is -2.19. The quantitative estimate of drug-likeness (QED) is 0.490. The number of rotatable bonds is 3. The first-order valence-electron chi connectivity index (χ1n) is 6.35. The molecule has 0 fully saturated rings. The highest BCUT2D eigenvalue weighted by atomic mass is 16.4. The van der Waals surface area contributed by atoms with Crippen LogP contribution in [0.5, 0.6) is 0 Å². The van der Waals surface area contributed by atoms with Crippen molar-refractivity contribution < 1.29 is 30.0 Å². The molecule has 1 aromatic rings. The zero-order valence-corrected chi connectivity index (χ0v) is 11.2. The Hall–Kier alpha value is -2.03. The average Bonchev–Trinajstić information content (AvgIpc) is 2.46. The van der Waals surface area contributed by atoms with Crippen molar-refractivity contribution in [1.82, 2.24) is 4.98 Å². The maximum absolute atomic E-state index is 9.77. The van der Waals surface area contributed by atoms with Crippen LogP contribution in [-0.4, -0.2) is 49.6 Å². The first-order chi connectivity index (χ1) is 9.84. The van der Waals surface area contributed by atoms with Crippen molar-refractivity contribution in [1.29, 1.82) is 0 Å². The number of carbonyl (C=O) groups is 2. The van der Waals surface area contributed by atoms with Gasteiger partial charge in [0.1, 0.15) is 0 Å². The Labute approximate surface area is 120 Å². The SMILES string of the molecule is N[C@@H]1CCCc2cccnc21.O=C(O)[C@H](O)[C@@H](O)C(=O)O. The molecule has 8 nitrogen and oxygen atoms in total. The molecule has 1 heterocycles. The molecule has 1 aliphatic rings. The largest absolute Gasteiger partial charge is 0.479 e. The van der Waals surface area contributed by atoms with Gasteiger partial charge in [0.2, 0.25) is 0 Å². The van der Waals surface area contributed by atoms with Crippen molar-refractivity contribution in [3.8, 4) is 0 Å². The molecule has 0 radical (unpaired) electrons. The molecule has 0 saturated carbocycles. The minimum absolute atomic E-state index is 0.181. The summed E-state index contributed by atoms with van der Waals surface area (Å²) in [5.74, 6) is -3.54. The number of hydrogen-bond donors (Lipinski definition) is 5. The van der Waals surface area contributed by atoms with E-state index in [1.165, 1.54) is 12.0 Å². The number of carboxylic acids is 2. The fraction of sp³-hybridized carbons (Fsp3) is 0.462. The molecule has 1 aromatic heterocycles. The number of pyridine rings is 1. The molecule has 116 valence electrons. The number of nitrogens with two attached hydrogens (primary N) is 1. The average molecular weight is 298 g/mol. The third-order valence-corrected chi connectivity index (χ3v) is 3.04. The maximum Gasteiger partial charge on any atom is 0.335 e. The molecule has 0 bridgehead atoms. The van der Waals surface area contributed by atoms with Crippen LogP contribution in [0.15, 0.2) is 18.3 Å². The van der Waals surface area contributed by atoms with Crippen LogP contribution in [0.3, 0.4) is 0 Å². The van der Waals surface area contributed by atoms with E-state index in [0.29, 0.717) is 0 Å². The highest BCUT2D eigenvalue weighted by molar-refractivity contribution is 5.83. The standard InChI is InChI=1S/C9H12N2.C4H6O6/c10-8-5-1-3-7-4-2-6-11-9(7)8;5-1(3(7)8)2(6)4(9)10/h2,4,6,8H,1,3,5,10H2;1-2,5-6H,(H,7,8)(H,9,10)/t8-;1-,2-/m11/s1. The fourth-order valence-electron chi connectivity index (χ4n) is 1.92. The van der Waals surface area contributed by atoms with Gasteiger partial charge in [0, 0.05) is 12.2 Å². The number of carboxylic acid groups (broad SMARTS) is 2. The highest BCUT2D eigenvalue weighted by Crippen LogP contribution is 2.24. The molecule has 0 saturated heterocycles. The van der Waals surface area contributed by atoms with Crippen molar-refractivity contribution in [2.24, 2.45) is 5.73 Å². The van der Waals surface area contributed by atoms with Gasteiger partial charge in [-0.3, -0.25) is 4.98 Å². The van der Waals surface area contributed by atoms with Gasteiger partial charge in [-0.25, -0.2) is 9.59 Å². The summed E-state index contributed by atoms with van der Waals surface area (Å²) in [5, 5.41) is 32.5. The van der Waals surface area contributed by atoms with Gasteiger partial charge in [0.15, 0.2) is 12.2 Å². The van der Waals surface area contributed by atoms with Crippen molar-refractivity contribution in [2.45, 2.75) is 37.5 Å². The minimum Gasteiger partial charge on any atom is -0.479 e. The van der Waals surface area contributed by atoms with Crippen LogP contribution in [0.25, 0.3) is 0 Å². The molecule has 0 unspecified atom stereocenters. The Balaban J connectivity index is 0.000000212. The molecule has 8 heteroatoms. The van der Waals surface area contributed by atoms with Crippen LogP contribution < -0.4 is 5.73 Å². The monoisotopic (exact) mass is 298 g/mol. The van der Waals surface area contributed by atoms with E-state index in [1.54, 1.807) is 0 Å². The van der Waals surface area contributed by atoms with Gasteiger partial charge < -0.3 is 26.2 Å². The summed E-state index contributed by atoms with van der Waals surface area (Å²) in [7, 11) is 0. The predicted molar refractivity (Wildman–Crippen MR) is 71.4 cm³/mol. The Bertz CT molecular complexity index is 489. The van der Waals surface area contributed by atoms with E-state index in [0.717, 1.165) is 18.5 Å². The lowest BCUT2D eigenvalue weighted by Crippen LogP contribution is -2.39. The molecular weight excluding hydrogens is 280 g/mol. The second kappa shape index (κ2) is 7.67. The van der Waals surface area contributed by atoms with Crippen molar-refractivity contribution in [3.63, 3.8) is 0 Å². The van der Waals surface area contributed by atoms with Gasteiger partial charge in [-0.05, 0) is 30.9 Å². The normalized spacial score (nSPS) is 19.5. The van der Waals surface area contributed by atoms with Crippen LogP contribution in [0, 0.1) is 0 Å². The molecule has 0 aromatic carbocycles. The highest BCUT2D eigenvalue weighted by Gasteiger charge is 2.29. The summed E-state index contributed by atoms with van der Waals surface area (Å²) in [5.41, 5.74) is 8.33. The first kappa shape index (κ1) is 17.0. The topological polar surface area (TPSA) is 154 Å². The minimum atomic E-state index is -2.27. The number of aliphatic hydroxyl groups is 2. The molecule has 0 amide bonds. The lowest BCUT2D eigenvalue weighted by molar-refractivity contribution is -0.165. The number of aliphatic carboxylic acids is 2. The number of aryl methyl sites for hydroxylation is 1. The Morgan fingerprint density at radius 2 is 1.81 bits per heavy atom. The maximum atomic E-state index is 9.77. The van der Waals surface area contributed by atoms with E-state index >= 15 is 0 Å². The number of fused-ring (bicyclic) bond motifs is 1. The van der Waals surface area contributed by atoms with Gasteiger partial charge in [-0.15, -0.1) is 0 Å². The second-order valence-corrected chi connectivity index (χ2v) is 4.61. The van der Waals surface area contributed by atoms with Crippen molar-refractivity contribution >= 4 is 11.9 Å². The second-order valence-electron chi connectivity index (χ2n) is 4.61. The first-order valence-corrected chi connectivity index (χ1v) is 6.35. The van der Waals surface area contributed by atoms with Crippen LogP contribution in [0.2, 0.25) is 0 Å². The number of aliphatic hydroxyl groups excluding tert-OH is 2. The molecule has 3 atom stereocenters. The third kappa shape index (κ3) is 4.78. The van der Waals surface area contributed by atoms with Gasteiger partial charge in [0.25, 0.3) is 0 Å². The molecule has 0 spiro atoms. The van der Waals surface area contributed by atoms with Gasteiger partial charge >= 0.3 is 11.9 Å². The summed E-state index contributed by atoms with van der Waals surface area (Å²) in [6.45, 7) is 0. The van der Waals surface area contributed by atoms with E-state index < -0.39 is 24.1 Å². The van der Waals surface area contributed by atoms with E-state index in [9.17, 15) is 9.59 Å². The molecule has 0 aliphatic heterocycles. The van der Waals surface area contributed by atoms with Crippen LogP contribution in [-0.2, 0) is 16.0 Å². The number of aromatic nitrogens is 1. The van der Waals surface area contributed by atoms with Crippen LogP contribution in [0.1, 0.15) is 30.1 Å². The fourth-order valence-corrected chi connectivity index (χ4v) is 1.92. The van der Waals surface area contributed by atoms with Gasteiger partial charge in [0.05, 0.1) is 5.69 Å². The summed E-state index contributed by atoms with van der Waals surface area (Å²) in [6.07, 6.45) is 0.736. The summed E-state index contributed by atoms with van der Waals surface area (Å²) in [6, 6.07) is 4.29. The molecule has 2 rings (SSSR count). The zero-order valence-electron chi connectivity index (χ0n) is 11.2. The Kier molecular flexibility index (Phi) is 6.22. The van der Waals surface area contributed by atoms with E-state index in [2.05, 4.69) is 11.1 Å². The Morgan fingerprint density at radius 1 is 1.24 bits per heavy atom. The van der Waals surface area contributed by atoms with Gasteiger partial charge in [-0.1, -0.05) is 6.07 Å². The van der Waals surface area contributed by atoms with E-state index in [-0.39, 0.29) is 6.04 Å².